The van der Waals surface area contributed by atoms with Crippen LogP contribution in [0.2, 0.25) is 0 Å². The molecule has 2 unspecified atom stereocenters. The van der Waals surface area contributed by atoms with E-state index < -0.39 is 5.50 Å². The quantitative estimate of drug-likeness (QED) is 0.554. The molecule has 0 saturated carbocycles. The Balaban J connectivity index is 4.42. The van der Waals surface area contributed by atoms with E-state index in [-0.39, 0.29) is 5.60 Å². The van der Waals surface area contributed by atoms with Crippen LogP contribution < -0.4 is 0 Å². The maximum atomic E-state index is 9.81. The molecule has 2 atom stereocenters. The molecular weight excluding hydrogens is 283 g/mol. The molecule has 0 spiro atoms. The smallest absolute Gasteiger partial charge is 0.142 e. The van der Waals surface area contributed by atoms with Crippen LogP contribution in [0.3, 0.4) is 0 Å². The first-order valence-electron chi connectivity index (χ1n) is 9.47. The van der Waals surface area contributed by atoms with Crippen molar-refractivity contribution in [3.63, 3.8) is 0 Å². The van der Waals surface area contributed by atoms with Crippen LogP contribution in [0.4, 0.5) is 0 Å². The van der Waals surface area contributed by atoms with E-state index in [1.165, 1.54) is 25.7 Å². The van der Waals surface area contributed by atoms with E-state index in [2.05, 4.69) is 55.4 Å². The number of rotatable bonds is 11. The first-order chi connectivity index (χ1) is 10.1. The molecule has 0 fully saturated rings. The molecule has 0 rings (SSSR count). The van der Waals surface area contributed by atoms with Crippen LogP contribution >= 0.6 is 0 Å². The molecular formula is C20H43BO2. The second kappa shape index (κ2) is 8.38. The topological polar surface area (TPSA) is 29.5 Å². The average Bonchev–Trinajstić information content (AvgIpc) is 2.32. The second-order valence-corrected chi connectivity index (χ2v) is 10.3. The van der Waals surface area contributed by atoms with E-state index in [0.29, 0.717) is 29.8 Å². The van der Waals surface area contributed by atoms with Gasteiger partial charge in [-0.05, 0) is 63.2 Å². The fourth-order valence-corrected chi connectivity index (χ4v) is 3.17. The standard InChI is InChI=1S/C20H43BO2/c1-10-17(3,4)15-18(5,6)12-11-16(2)19(7,8)23-14-13-20(9,21)22/h16,22H,10-15,21H2,1-9H3. The van der Waals surface area contributed by atoms with Crippen molar-refractivity contribution in [3.8, 4) is 0 Å². The van der Waals surface area contributed by atoms with Crippen molar-refractivity contribution in [2.45, 2.75) is 106 Å². The van der Waals surface area contributed by atoms with Crippen LogP contribution in [0.5, 0.6) is 0 Å². The lowest BCUT2D eigenvalue weighted by Crippen LogP contribution is -2.36. The van der Waals surface area contributed by atoms with E-state index in [4.69, 9.17) is 4.74 Å². The summed E-state index contributed by atoms with van der Waals surface area (Å²) >= 11 is 0. The Morgan fingerprint density at radius 1 is 0.957 bits per heavy atom. The van der Waals surface area contributed by atoms with Gasteiger partial charge < -0.3 is 9.84 Å². The summed E-state index contributed by atoms with van der Waals surface area (Å²) in [5.41, 5.74) is 0.0110. The number of ether oxygens (including phenoxy) is 1. The molecule has 0 aromatic heterocycles. The van der Waals surface area contributed by atoms with Gasteiger partial charge in [-0.2, -0.15) is 0 Å². The van der Waals surface area contributed by atoms with Gasteiger partial charge in [0.25, 0.3) is 0 Å². The third-order valence-electron chi connectivity index (χ3n) is 5.54. The molecule has 138 valence electrons. The highest BCUT2D eigenvalue weighted by Gasteiger charge is 2.31. The van der Waals surface area contributed by atoms with Crippen molar-refractivity contribution in [1.29, 1.82) is 0 Å². The molecule has 0 bridgehead atoms. The van der Waals surface area contributed by atoms with Crippen molar-refractivity contribution >= 4 is 7.85 Å². The molecule has 0 amide bonds. The van der Waals surface area contributed by atoms with Crippen molar-refractivity contribution in [3.05, 3.63) is 0 Å². The Hall–Kier alpha value is -0.0151. The summed E-state index contributed by atoms with van der Waals surface area (Å²) in [4.78, 5) is 0. The van der Waals surface area contributed by atoms with E-state index in [0.717, 1.165) is 0 Å². The predicted octanol–water partition coefficient (Wildman–Crippen LogP) is 4.78. The zero-order valence-electron chi connectivity index (χ0n) is 17.7. The molecule has 3 heteroatoms. The molecule has 0 heterocycles. The highest BCUT2D eigenvalue weighted by Crippen LogP contribution is 2.40. The molecule has 1 N–H and O–H groups in total. The molecule has 0 radical (unpaired) electrons. The summed E-state index contributed by atoms with van der Waals surface area (Å²) in [6.45, 7) is 21.0. The van der Waals surface area contributed by atoms with Gasteiger partial charge >= 0.3 is 0 Å². The minimum Gasteiger partial charge on any atom is -0.399 e. The van der Waals surface area contributed by atoms with Gasteiger partial charge in [0, 0.05) is 12.1 Å². The van der Waals surface area contributed by atoms with Crippen LogP contribution in [0.1, 0.15) is 94.4 Å². The first-order valence-corrected chi connectivity index (χ1v) is 9.47. The zero-order valence-corrected chi connectivity index (χ0v) is 17.7. The third-order valence-corrected chi connectivity index (χ3v) is 5.54. The van der Waals surface area contributed by atoms with E-state index in [9.17, 15) is 5.11 Å². The predicted molar refractivity (Wildman–Crippen MR) is 105 cm³/mol. The summed E-state index contributed by atoms with van der Waals surface area (Å²) in [6, 6.07) is 0. The minimum absolute atomic E-state index is 0.137. The second-order valence-electron chi connectivity index (χ2n) is 10.3. The number of aliphatic hydroxyl groups is 1. The Labute approximate surface area is 147 Å². The summed E-state index contributed by atoms with van der Waals surface area (Å²) in [6.07, 6.45) is 5.60. The SMILES string of the molecule is BC(C)(O)CCOC(C)(C)C(C)CCC(C)(C)CC(C)(C)CC. The average molecular weight is 326 g/mol. The van der Waals surface area contributed by atoms with Crippen LogP contribution in [0, 0.1) is 16.7 Å². The molecule has 0 saturated heterocycles. The van der Waals surface area contributed by atoms with Crippen LogP contribution in [-0.4, -0.2) is 30.7 Å². The van der Waals surface area contributed by atoms with Crippen molar-refractivity contribution in [2.24, 2.45) is 16.7 Å². The number of hydrogen-bond acceptors (Lipinski definition) is 2. The normalized spacial score (nSPS) is 17.8. The first kappa shape index (κ1) is 23.0. The summed E-state index contributed by atoms with van der Waals surface area (Å²) in [7, 11) is 1.84. The lowest BCUT2D eigenvalue weighted by Gasteiger charge is -2.38. The fraction of sp³-hybridized carbons (Fsp3) is 1.00. The van der Waals surface area contributed by atoms with Crippen molar-refractivity contribution < 1.29 is 9.84 Å². The maximum Gasteiger partial charge on any atom is 0.142 e. The minimum atomic E-state index is -0.646. The Morgan fingerprint density at radius 3 is 1.91 bits per heavy atom. The monoisotopic (exact) mass is 326 g/mol. The summed E-state index contributed by atoms with van der Waals surface area (Å²) in [5.74, 6) is 0.508. The van der Waals surface area contributed by atoms with Gasteiger partial charge in [-0.25, -0.2) is 0 Å². The van der Waals surface area contributed by atoms with Gasteiger partial charge in [0.2, 0.25) is 0 Å². The Kier molecular flexibility index (Phi) is 8.38. The van der Waals surface area contributed by atoms with Crippen LogP contribution in [0.25, 0.3) is 0 Å². The number of hydrogen-bond donors (Lipinski definition) is 1. The Bertz CT molecular complexity index is 340. The van der Waals surface area contributed by atoms with Gasteiger partial charge in [0.15, 0.2) is 0 Å². The molecule has 2 nitrogen and oxygen atoms in total. The molecule has 0 aliphatic carbocycles. The third kappa shape index (κ3) is 10.5. The zero-order chi connectivity index (χ0) is 18.5. The maximum absolute atomic E-state index is 9.81. The largest absolute Gasteiger partial charge is 0.399 e. The molecule has 0 aromatic carbocycles. The van der Waals surface area contributed by atoms with Gasteiger partial charge in [0.1, 0.15) is 7.85 Å². The summed E-state index contributed by atoms with van der Waals surface area (Å²) < 4.78 is 6.09. The fourth-order valence-electron chi connectivity index (χ4n) is 3.17. The van der Waals surface area contributed by atoms with Crippen LogP contribution in [0.15, 0.2) is 0 Å². The van der Waals surface area contributed by atoms with E-state index in [1.54, 1.807) is 0 Å². The van der Waals surface area contributed by atoms with Gasteiger partial charge in [-0.15, -0.1) is 0 Å². The highest BCUT2D eigenvalue weighted by atomic mass is 16.5. The lowest BCUT2D eigenvalue weighted by atomic mass is 9.70. The van der Waals surface area contributed by atoms with Gasteiger partial charge in [-0.3, -0.25) is 0 Å². The highest BCUT2D eigenvalue weighted by molar-refractivity contribution is 6.13. The molecule has 0 aliphatic heterocycles. The molecule has 0 aromatic rings. The Morgan fingerprint density at radius 2 is 1.48 bits per heavy atom. The molecule has 0 aliphatic rings. The van der Waals surface area contributed by atoms with Gasteiger partial charge in [0.05, 0.1) is 5.60 Å². The summed E-state index contributed by atoms with van der Waals surface area (Å²) in [5, 5.41) is 9.81. The van der Waals surface area contributed by atoms with Gasteiger partial charge in [-0.1, -0.05) is 48.0 Å². The van der Waals surface area contributed by atoms with Crippen molar-refractivity contribution in [2.75, 3.05) is 6.61 Å². The van der Waals surface area contributed by atoms with E-state index in [1.807, 2.05) is 14.8 Å². The van der Waals surface area contributed by atoms with Crippen LogP contribution in [-0.2, 0) is 4.74 Å². The lowest BCUT2D eigenvalue weighted by molar-refractivity contribution is -0.0712. The van der Waals surface area contributed by atoms with Crippen molar-refractivity contribution in [1.82, 2.24) is 0 Å². The van der Waals surface area contributed by atoms with E-state index >= 15 is 0 Å². The molecule has 23 heavy (non-hydrogen) atoms.